The lowest BCUT2D eigenvalue weighted by Gasteiger charge is -2.24. The van der Waals surface area contributed by atoms with E-state index in [-0.39, 0.29) is 17.5 Å². The van der Waals surface area contributed by atoms with Crippen molar-refractivity contribution in [2.75, 3.05) is 43.7 Å². The number of aromatic nitrogens is 4. The van der Waals surface area contributed by atoms with Gasteiger partial charge in [-0.1, -0.05) is 0 Å². The van der Waals surface area contributed by atoms with E-state index < -0.39 is 12.7 Å². The molecule has 11 nitrogen and oxygen atoms in total. The Bertz CT molecular complexity index is 850. The highest BCUT2D eigenvalue weighted by molar-refractivity contribution is 5.97. The lowest BCUT2D eigenvalue weighted by atomic mass is 10.2. The van der Waals surface area contributed by atoms with Crippen molar-refractivity contribution in [1.82, 2.24) is 30.8 Å². The maximum absolute atomic E-state index is 12.5. The highest BCUT2D eigenvalue weighted by Crippen LogP contribution is 2.19. The Labute approximate surface area is 159 Å². The Hall–Kier alpha value is -3.43. The summed E-state index contributed by atoms with van der Waals surface area (Å²) in [5, 5.41) is 27.8. The monoisotopic (exact) mass is 387 g/mol. The first-order valence-corrected chi connectivity index (χ1v) is 8.47. The van der Waals surface area contributed by atoms with E-state index in [9.17, 15) is 9.18 Å². The van der Waals surface area contributed by atoms with Crippen LogP contribution in [0.2, 0.25) is 0 Å². The van der Waals surface area contributed by atoms with Gasteiger partial charge in [-0.2, -0.15) is 5.26 Å². The average molecular weight is 387 g/mol. The van der Waals surface area contributed by atoms with Crippen molar-refractivity contribution in [3.8, 4) is 6.07 Å². The second-order valence-electron chi connectivity index (χ2n) is 5.73. The number of nitriles is 1. The second-order valence-corrected chi connectivity index (χ2v) is 5.73. The zero-order valence-corrected chi connectivity index (χ0v) is 14.8. The molecule has 1 aliphatic rings. The first kappa shape index (κ1) is 19.3. The number of hydrogen-bond donors (Lipinski definition) is 4. The van der Waals surface area contributed by atoms with Gasteiger partial charge in [0.05, 0.1) is 30.8 Å². The van der Waals surface area contributed by atoms with Gasteiger partial charge in [0, 0.05) is 25.7 Å². The Balaban J connectivity index is 1.77. The van der Waals surface area contributed by atoms with E-state index >= 15 is 0 Å². The number of anilines is 3. The summed E-state index contributed by atoms with van der Waals surface area (Å²) in [6.45, 7) is 1.46. The number of halogens is 1. The molecule has 0 bridgehead atoms. The molecule has 4 N–H and O–H groups in total. The summed E-state index contributed by atoms with van der Waals surface area (Å²) in [6.07, 6.45) is 2.60. The standard InChI is InChI=1S/C16H18FN9O2/c17-9-23-16(27)15-12(21-7-11-6-19-1-2-28-11)3-13(25-26-15)24-14-8-20-10(4-18)5-22-14/h3,5,8,11,19H,1-2,6-7,9H2,(H,23,27)(H2,21,22,24,25). The minimum absolute atomic E-state index is 0.0436. The molecule has 0 aromatic carbocycles. The number of nitrogens with zero attached hydrogens (tertiary/aromatic N) is 5. The van der Waals surface area contributed by atoms with E-state index in [1.165, 1.54) is 12.4 Å². The molecule has 146 valence electrons. The molecule has 12 heteroatoms. The summed E-state index contributed by atoms with van der Waals surface area (Å²) in [5.74, 6) is -0.0501. The topological polar surface area (TPSA) is 150 Å². The molecule has 0 aliphatic carbocycles. The van der Waals surface area contributed by atoms with Gasteiger partial charge in [-0.05, 0) is 0 Å². The van der Waals surface area contributed by atoms with Crippen molar-refractivity contribution >= 4 is 23.2 Å². The molecule has 3 rings (SSSR count). The number of rotatable bonds is 7. The summed E-state index contributed by atoms with van der Waals surface area (Å²) in [7, 11) is 0. The Morgan fingerprint density at radius 3 is 2.93 bits per heavy atom. The van der Waals surface area contributed by atoms with Gasteiger partial charge in [0.2, 0.25) is 0 Å². The molecule has 28 heavy (non-hydrogen) atoms. The van der Waals surface area contributed by atoms with Gasteiger partial charge >= 0.3 is 0 Å². The van der Waals surface area contributed by atoms with Gasteiger partial charge < -0.3 is 26.0 Å². The van der Waals surface area contributed by atoms with E-state index in [0.717, 1.165) is 6.54 Å². The number of carbonyl (C=O) groups excluding carboxylic acids is 1. The third-order valence-electron chi connectivity index (χ3n) is 3.78. The van der Waals surface area contributed by atoms with Gasteiger partial charge in [0.1, 0.15) is 11.9 Å². The van der Waals surface area contributed by atoms with Gasteiger partial charge in [-0.25, -0.2) is 14.4 Å². The number of hydrogen-bond acceptors (Lipinski definition) is 10. The molecule has 1 fully saturated rings. The van der Waals surface area contributed by atoms with E-state index in [2.05, 4.69) is 41.4 Å². The van der Waals surface area contributed by atoms with Crippen molar-refractivity contribution < 1.29 is 13.9 Å². The molecule has 1 saturated heterocycles. The molecule has 3 heterocycles. The van der Waals surface area contributed by atoms with Gasteiger partial charge in [0.25, 0.3) is 5.91 Å². The molecule has 0 radical (unpaired) electrons. The molecule has 2 aromatic rings. The predicted octanol–water partition coefficient (Wildman–Crippen LogP) is -0.0610. The van der Waals surface area contributed by atoms with Crippen LogP contribution in [0.1, 0.15) is 16.2 Å². The maximum Gasteiger partial charge on any atom is 0.275 e. The molecule has 1 unspecified atom stereocenters. The minimum atomic E-state index is -1.02. The highest BCUT2D eigenvalue weighted by Gasteiger charge is 2.18. The van der Waals surface area contributed by atoms with Crippen LogP contribution >= 0.6 is 0 Å². The Morgan fingerprint density at radius 1 is 1.36 bits per heavy atom. The number of nitrogens with one attached hydrogen (secondary N) is 4. The van der Waals surface area contributed by atoms with Crippen LogP contribution in [0.15, 0.2) is 18.5 Å². The van der Waals surface area contributed by atoms with E-state index in [4.69, 9.17) is 10.00 Å². The van der Waals surface area contributed by atoms with Crippen molar-refractivity contribution in [3.05, 3.63) is 29.8 Å². The highest BCUT2D eigenvalue weighted by atomic mass is 19.1. The zero-order chi connectivity index (χ0) is 19.8. The molecule has 0 spiro atoms. The Morgan fingerprint density at radius 2 is 2.25 bits per heavy atom. The van der Waals surface area contributed by atoms with Crippen LogP contribution in [-0.2, 0) is 4.74 Å². The molecule has 1 aliphatic heterocycles. The first-order valence-electron chi connectivity index (χ1n) is 8.47. The lowest BCUT2D eigenvalue weighted by molar-refractivity contribution is 0.0372. The van der Waals surface area contributed by atoms with E-state index in [0.29, 0.717) is 37.0 Å². The fourth-order valence-electron chi connectivity index (χ4n) is 2.46. The normalized spacial score (nSPS) is 16.1. The maximum atomic E-state index is 12.5. The van der Waals surface area contributed by atoms with Crippen LogP contribution in [-0.4, -0.2) is 65.2 Å². The molecule has 0 saturated carbocycles. The quantitative estimate of drug-likeness (QED) is 0.476. The van der Waals surface area contributed by atoms with Crippen molar-refractivity contribution in [2.24, 2.45) is 0 Å². The summed E-state index contributed by atoms with van der Waals surface area (Å²) < 4.78 is 18.1. The first-order chi connectivity index (χ1) is 13.7. The lowest BCUT2D eigenvalue weighted by Crippen LogP contribution is -2.42. The molecule has 1 amide bonds. The number of alkyl halides is 1. The van der Waals surface area contributed by atoms with Gasteiger partial charge in [0.15, 0.2) is 24.0 Å². The van der Waals surface area contributed by atoms with Crippen LogP contribution < -0.4 is 21.3 Å². The number of carbonyl (C=O) groups is 1. The van der Waals surface area contributed by atoms with Crippen LogP contribution in [0.25, 0.3) is 0 Å². The predicted molar refractivity (Wildman–Crippen MR) is 96.6 cm³/mol. The van der Waals surface area contributed by atoms with Crippen molar-refractivity contribution in [2.45, 2.75) is 6.10 Å². The number of ether oxygens (including phenoxy) is 1. The van der Waals surface area contributed by atoms with Crippen molar-refractivity contribution in [1.29, 1.82) is 5.26 Å². The smallest absolute Gasteiger partial charge is 0.275 e. The second kappa shape index (κ2) is 9.49. The fraction of sp³-hybridized carbons (Fsp3) is 0.375. The fourth-order valence-corrected chi connectivity index (χ4v) is 2.46. The largest absolute Gasteiger partial charge is 0.380 e. The van der Waals surface area contributed by atoms with Gasteiger partial charge in [-0.3, -0.25) is 4.79 Å². The minimum Gasteiger partial charge on any atom is -0.380 e. The molecule has 2 aromatic heterocycles. The third-order valence-corrected chi connectivity index (χ3v) is 3.78. The SMILES string of the molecule is N#Cc1cnc(Nc2cc(NCC3CNCCO3)c(C(=O)NCF)nn2)cn1. The summed E-state index contributed by atoms with van der Waals surface area (Å²) in [4.78, 5) is 20.0. The molecular weight excluding hydrogens is 369 g/mol. The van der Waals surface area contributed by atoms with Crippen molar-refractivity contribution in [3.63, 3.8) is 0 Å². The van der Waals surface area contributed by atoms with Crippen LogP contribution in [0, 0.1) is 11.3 Å². The number of morpholine rings is 1. The van der Waals surface area contributed by atoms with E-state index in [1.807, 2.05) is 6.07 Å². The van der Waals surface area contributed by atoms with Crippen LogP contribution in [0.5, 0.6) is 0 Å². The molecule has 1 atom stereocenters. The van der Waals surface area contributed by atoms with E-state index in [1.54, 1.807) is 6.07 Å². The van der Waals surface area contributed by atoms with Crippen LogP contribution in [0.3, 0.4) is 0 Å². The number of amides is 1. The van der Waals surface area contributed by atoms with Gasteiger partial charge in [-0.15, -0.1) is 10.2 Å². The third kappa shape index (κ3) is 5.06. The average Bonchev–Trinajstić information content (AvgIpc) is 2.74. The van der Waals surface area contributed by atoms with Crippen LogP contribution in [0.4, 0.5) is 21.7 Å². The summed E-state index contributed by atoms with van der Waals surface area (Å²) in [5.41, 5.74) is 0.496. The summed E-state index contributed by atoms with van der Waals surface area (Å²) >= 11 is 0. The zero-order valence-electron chi connectivity index (χ0n) is 14.8. The molecular formula is C16H18FN9O2. The Kier molecular flexibility index (Phi) is 6.55. The summed E-state index contributed by atoms with van der Waals surface area (Å²) in [6, 6.07) is 3.43.